The SMILES string of the molecule is Cc1cccc(OCc2nnc(-c3ccc(N)cn3)n2C)c1. The number of anilines is 1. The quantitative estimate of drug-likeness (QED) is 0.799. The molecule has 0 bridgehead atoms. The van der Waals surface area contributed by atoms with Gasteiger partial charge in [-0.1, -0.05) is 12.1 Å². The van der Waals surface area contributed by atoms with Crippen LogP contribution in [0.1, 0.15) is 11.4 Å². The Bertz CT molecular complexity index is 779. The lowest BCUT2D eigenvalue weighted by Gasteiger charge is -2.07. The van der Waals surface area contributed by atoms with Gasteiger partial charge >= 0.3 is 0 Å². The van der Waals surface area contributed by atoms with Crippen molar-refractivity contribution in [2.45, 2.75) is 13.5 Å². The van der Waals surface area contributed by atoms with Crippen molar-refractivity contribution in [1.29, 1.82) is 0 Å². The molecule has 0 radical (unpaired) electrons. The van der Waals surface area contributed by atoms with Crippen LogP contribution < -0.4 is 10.5 Å². The van der Waals surface area contributed by atoms with Crippen LogP contribution in [0, 0.1) is 6.92 Å². The molecule has 6 nitrogen and oxygen atoms in total. The molecule has 0 saturated heterocycles. The fourth-order valence-corrected chi connectivity index (χ4v) is 2.10. The third-order valence-corrected chi connectivity index (χ3v) is 3.34. The summed E-state index contributed by atoms with van der Waals surface area (Å²) >= 11 is 0. The average Bonchev–Trinajstić information content (AvgIpc) is 2.87. The molecule has 2 heterocycles. The van der Waals surface area contributed by atoms with E-state index in [2.05, 4.69) is 15.2 Å². The highest BCUT2D eigenvalue weighted by Gasteiger charge is 2.12. The van der Waals surface area contributed by atoms with Crippen molar-refractivity contribution in [1.82, 2.24) is 19.7 Å². The second-order valence-corrected chi connectivity index (χ2v) is 5.08. The Hall–Kier alpha value is -2.89. The molecule has 3 rings (SSSR count). The van der Waals surface area contributed by atoms with Crippen LogP contribution in [-0.2, 0) is 13.7 Å². The van der Waals surface area contributed by atoms with Gasteiger partial charge in [0.05, 0.1) is 11.9 Å². The predicted octanol–water partition coefficient (Wildman–Crippen LogP) is 2.35. The molecule has 0 amide bonds. The molecule has 6 heteroatoms. The molecule has 0 spiro atoms. The van der Waals surface area contributed by atoms with Crippen LogP contribution in [0.4, 0.5) is 5.69 Å². The number of nitrogen functional groups attached to an aromatic ring is 1. The maximum atomic E-state index is 5.76. The number of aryl methyl sites for hydroxylation is 1. The lowest BCUT2D eigenvalue weighted by atomic mass is 10.2. The van der Waals surface area contributed by atoms with Crippen LogP contribution >= 0.6 is 0 Å². The number of nitrogens with two attached hydrogens (primary N) is 1. The van der Waals surface area contributed by atoms with Crippen molar-refractivity contribution in [3.8, 4) is 17.3 Å². The third-order valence-electron chi connectivity index (χ3n) is 3.34. The van der Waals surface area contributed by atoms with E-state index in [0.717, 1.165) is 22.8 Å². The van der Waals surface area contributed by atoms with Crippen LogP contribution in [0.15, 0.2) is 42.6 Å². The molecule has 112 valence electrons. The highest BCUT2D eigenvalue weighted by atomic mass is 16.5. The van der Waals surface area contributed by atoms with Gasteiger partial charge in [-0.05, 0) is 36.8 Å². The van der Waals surface area contributed by atoms with Crippen molar-refractivity contribution in [3.05, 3.63) is 54.0 Å². The Balaban J connectivity index is 1.77. The number of hydrogen-bond donors (Lipinski definition) is 1. The molecule has 0 atom stereocenters. The van der Waals surface area contributed by atoms with Gasteiger partial charge in [0, 0.05) is 7.05 Å². The molecule has 0 aliphatic heterocycles. The minimum atomic E-state index is 0.349. The van der Waals surface area contributed by atoms with E-state index >= 15 is 0 Å². The van der Waals surface area contributed by atoms with E-state index in [9.17, 15) is 0 Å². The standard InChI is InChI=1S/C16H17N5O/c1-11-4-3-5-13(8-11)22-10-15-19-20-16(21(15)2)14-7-6-12(17)9-18-14/h3-9H,10,17H2,1-2H3. The summed E-state index contributed by atoms with van der Waals surface area (Å²) in [5.74, 6) is 2.23. The molecule has 22 heavy (non-hydrogen) atoms. The first-order valence-electron chi connectivity index (χ1n) is 6.93. The first kappa shape index (κ1) is 14.1. The predicted molar refractivity (Wildman–Crippen MR) is 84.2 cm³/mol. The summed E-state index contributed by atoms with van der Waals surface area (Å²) in [6.07, 6.45) is 1.60. The molecule has 0 unspecified atom stereocenters. The Labute approximate surface area is 128 Å². The maximum absolute atomic E-state index is 5.76. The van der Waals surface area contributed by atoms with E-state index in [1.807, 2.05) is 48.9 Å². The highest BCUT2D eigenvalue weighted by Crippen LogP contribution is 2.18. The number of benzene rings is 1. The van der Waals surface area contributed by atoms with E-state index < -0.39 is 0 Å². The molecule has 2 N–H and O–H groups in total. The Morgan fingerprint density at radius 3 is 2.77 bits per heavy atom. The number of rotatable bonds is 4. The van der Waals surface area contributed by atoms with Crippen LogP contribution in [0.25, 0.3) is 11.5 Å². The zero-order valence-corrected chi connectivity index (χ0v) is 12.5. The normalized spacial score (nSPS) is 10.6. The fourth-order valence-electron chi connectivity index (χ4n) is 2.10. The van der Waals surface area contributed by atoms with E-state index in [0.29, 0.717) is 18.1 Å². The van der Waals surface area contributed by atoms with Gasteiger partial charge in [0.1, 0.15) is 18.1 Å². The van der Waals surface area contributed by atoms with E-state index in [1.165, 1.54) is 0 Å². The summed E-state index contributed by atoms with van der Waals surface area (Å²) in [6, 6.07) is 11.5. The van der Waals surface area contributed by atoms with E-state index in [4.69, 9.17) is 10.5 Å². The first-order valence-corrected chi connectivity index (χ1v) is 6.93. The fraction of sp³-hybridized carbons (Fsp3) is 0.188. The van der Waals surface area contributed by atoms with Crippen LogP contribution in [0.2, 0.25) is 0 Å². The maximum Gasteiger partial charge on any atom is 0.182 e. The summed E-state index contributed by atoms with van der Waals surface area (Å²) in [5, 5.41) is 8.34. The lowest BCUT2D eigenvalue weighted by Crippen LogP contribution is -2.05. The minimum absolute atomic E-state index is 0.349. The largest absolute Gasteiger partial charge is 0.486 e. The zero-order chi connectivity index (χ0) is 15.5. The minimum Gasteiger partial charge on any atom is -0.486 e. The zero-order valence-electron chi connectivity index (χ0n) is 12.5. The van der Waals surface area contributed by atoms with Crippen molar-refractivity contribution < 1.29 is 4.74 Å². The van der Waals surface area contributed by atoms with Crippen molar-refractivity contribution in [2.75, 3.05) is 5.73 Å². The number of pyridine rings is 1. The monoisotopic (exact) mass is 295 g/mol. The number of aromatic nitrogens is 4. The Morgan fingerprint density at radius 1 is 1.18 bits per heavy atom. The van der Waals surface area contributed by atoms with E-state index in [-0.39, 0.29) is 0 Å². The van der Waals surface area contributed by atoms with Crippen molar-refractivity contribution in [2.24, 2.45) is 7.05 Å². The summed E-state index contributed by atoms with van der Waals surface area (Å²) in [4.78, 5) is 4.26. The van der Waals surface area contributed by atoms with Gasteiger partial charge in [-0.15, -0.1) is 10.2 Å². The summed E-state index contributed by atoms with van der Waals surface area (Å²) < 4.78 is 7.63. The Morgan fingerprint density at radius 2 is 2.05 bits per heavy atom. The van der Waals surface area contributed by atoms with Crippen molar-refractivity contribution >= 4 is 5.69 Å². The molecular weight excluding hydrogens is 278 g/mol. The molecule has 1 aromatic carbocycles. The van der Waals surface area contributed by atoms with Gasteiger partial charge in [-0.25, -0.2) is 0 Å². The third kappa shape index (κ3) is 2.90. The van der Waals surface area contributed by atoms with Gasteiger partial charge in [-0.3, -0.25) is 4.98 Å². The van der Waals surface area contributed by atoms with Gasteiger partial charge in [-0.2, -0.15) is 0 Å². The van der Waals surface area contributed by atoms with Gasteiger partial charge in [0.15, 0.2) is 11.6 Å². The summed E-state index contributed by atoms with van der Waals surface area (Å²) in [5.41, 5.74) is 8.15. The Kier molecular flexibility index (Phi) is 3.74. The molecule has 0 fully saturated rings. The number of nitrogens with zero attached hydrogens (tertiary/aromatic N) is 4. The molecule has 2 aromatic heterocycles. The lowest BCUT2D eigenvalue weighted by molar-refractivity contribution is 0.291. The van der Waals surface area contributed by atoms with Crippen molar-refractivity contribution in [3.63, 3.8) is 0 Å². The molecule has 0 aliphatic carbocycles. The summed E-state index contributed by atoms with van der Waals surface area (Å²) in [6.45, 7) is 2.38. The van der Waals surface area contributed by atoms with E-state index in [1.54, 1.807) is 12.3 Å². The average molecular weight is 295 g/mol. The molecular formula is C16H17N5O. The van der Waals surface area contributed by atoms with Crippen LogP contribution in [0.5, 0.6) is 5.75 Å². The number of ether oxygens (including phenoxy) is 1. The summed E-state index contributed by atoms with van der Waals surface area (Å²) in [7, 11) is 1.89. The van der Waals surface area contributed by atoms with Gasteiger partial charge in [0.2, 0.25) is 0 Å². The smallest absolute Gasteiger partial charge is 0.182 e. The second kappa shape index (κ2) is 5.85. The highest BCUT2D eigenvalue weighted by molar-refractivity contribution is 5.52. The topological polar surface area (TPSA) is 78.8 Å². The molecule has 0 saturated carbocycles. The van der Waals surface area contributed by atoms with Gasteiger partial charge in [0.25, 0.3) is 0 Å². The number of hydrogen-bond acceptors (Lipinski definition) is 5. The van der Waals surface area contributed by atoms with Crippen LogP contribution in [-0.4, -0.2) is 19.7 Å². The molecule has 0 aliphatic rings. The van der Waals surface area contributed by atoms with Gasteiger partial charge < -0.3 is 15.0 Å². The molecule has 3 aromatic rings. The second-order valence-electron chi connectivity index (χ2n) is 5.08. The van der Waals surface area contributed by atoms with Crippen LogP contribution in [0.3, 0.4) is 0 Å². The first-order chi connectivity index (χ1) is 10.6.